The second-order valence-corrected chi connectivity index (χ2v) is 7.95. The van der Waals surface area contributed by atoms with Gasteiger partial charge in [-0.3, -0.25) is 19.4 Å². The first-order valence-electron chi connectivity index (χ1n) is 10.6. The summed E-state index contributed by atoms with van der Waals surface area (Å²) in [6, 6.07) is 17.4. The summed E-state index contributed by atoms with van der Waals surface area (Å²) < 4.78 is 0. The highest BCUT2D eigenvalue weighted by Crippen LogP contribution is 2.22. The number of fused-ring (bicyclic) bond motifs is 1. The molecule has 0 radical (unpaired) electrons. The lowest BCUT2D eigenvalue weighted by Gasteiger charge is -2.11. The van der Waals surface area contributed by atoms with Crippen LogP contribution < -0.4 is 16.0 Å². The minimum absolute atomic E-state index is 0.119. The molecule has 0 aliphatic rings. The number of benzene rings is 2. The van der Waals surface area contributed by atoms with E-state index in [2.05, 4.69) is 25.9 Å². The van der Waals surface area contributed by atoms with E-state index in [0.29, 0.717) is 23.7 Å². The molecule has 0 atom stereocenters. The number of hydrogen-bond donors (Lipinski definition) is 4. The Balaban J connectivity index is 1.34. The number of aromatic nitrogens is 2. The molecule has 0 saturated heterocycles. The van der Waals surface area contributed by atoms with Crippen molar-refractivity contribution in [3.8, 4) is 0 Å². The molecule has 2 aromatic heterocycles. The van der Waals surface area contributed by atoms with Gasteiger partial charge in [-0.25, -0.2) is 0 Å². The van der Waals surface area contributed by atoms with Crippen LogP contribution in [0.1, 0.15) is 21.6 Å². The minimum Gasteiger partial charge on any atom is -0.361 e. The van der Waals surface area contributed by atoms with Crippen molar-refractivity contribution in [2.75, 3.05) is 11.9 Å². The van der Waals surface area contributed by atoms with Crippen molar-refractivity contribution in [3.63, 3.8) is 0 Å². The van der Waals surface area contributed by atoms with E-state index in [0.717, 1.165) is 16.5 Å². The fraction of sp³-hybridized carbons (Fsp3) is 0.120. The van der Waals surface area contributed by atoms with Crippen molar-refractivity contribution >= 4 is 45.9 Å². The number of pyridine rings is 1. The van der Waals surface area contributed by atoms with Crippen LogP contribution in [0.4, 0.5) is 5.69 Å². The highest BCUT2D eigenvalue weighted by Gasteiger charge is 2.18. The number of amides is 3. The highest BCUT2D eigenvalue weighted by atomic mass is 35.5. The van der Waals surface area contributed by atoms with Gasteiger partial charge in [-0.15, -0.1) is 0 Å². The molecule has 0 spiro atoms. The van der Waals surface area contributed by atoms with Gasteiger partial charge < -0.3 is 20.9 Å². The summed E-state index contributed by atoms with van der Waals surface area (Å²) in [7, 11) is 0. The molecule has 8 nitrogen and oxygen atoms in total. The maximum atomic E-state index is 12.8. The maximum Gasteiger partial charge on any atom is 0.313 e. The van der Waals surface area contributed by atoms with Crippen molar-refractivity contribution in [2.45, 2.75) is 13.0 Å². The van der Waals surface area contributed by atoms with E-state index in [1.165, 1.54) is 0 Å². The van der Waals surface area contributed by atoms with Crippen LogP contribution in [-0.4, -0.2) is 34.2 Å². The third kappa shape index (κ3) is 5.60. The van der Waals surface area contributed by atoms with Crippen molar-refractivity contribution in [1.29, 1.82) is 0 Å². The Hall–Kier alpha value is -4.17. The number of carbonyl (C=O) groups is 3. The van der Waals surface area contributed by atoms with E-state index in [9.17, 15) is 14.4 Å². The second-order valence-electron chi connectivity index (χ2n) is 7.51. The third-order valence-electron chi connectivity index (χ3n) is 5.19. The fourth-order valence-electron chi connectivity index (χ4n) is 3.49. The molecular formula is C25H22ClN5O3. The number of nitrogens with one attached hydrogen (secondary N) is 4. The van der Waals surface area contributed by atoms with Crippen LogP contribution in [-0.2, 0) is 22.6 Å². The summed E-state index contributed by atoms with van der Waals surface area (Å²) in [6.07, 6.45) is 4.09. The lowest BCUT2D eigenvalue weighted by Crippen LogP contribution is -2.36. The molecule has 34 heavy (non-hydrogen) atoms. The molecule has 4 rings (SSSR count). The average Bonchev–Trinajstić information content (AvgIpc) is 3.25. The van der Waals surface area contributed by atoms with Gasteiger partial charge in [-0.05, 0) is 54.4 Å². The fourth-order valence-corrected chi connectivity index (χ4v) is 3.66. The van der Waals surface area contributed by atoms with Crippen molar-refractivity contribution in [3.05, 3.63) is 94.9 Å². The second kappa shape index (κ2) is 10.6. The Kier molecular flexibility index (Phi) is 7.19. The van der Waals surface area contributed by atoms with Gasteiger partial charge in [0.2, 0.25) is 0 Å². The predicted molar refractivity (Wildman–Crippen MR) is 131 cm³/mol. The van der Waals surface area contributed by atoms with E-state index in [1.54, 1.807) is 48.7 Å². The molecule has 3 amide bonds. The van der Waals surface area contributed by atoms with Gasteiger partial charge >= 0.3 is 11.8 Å². The maximum absolute atomic E-state index is 12.8. The van der Waals surface area contributed by atoms with Crippen molar-refractivity contribution < 1.29 is 14.4 Å². The van der Waals surface area contributed by atoms with Crippen molar-refractivity contribution in [1.82, 2.24) is 20.6 Å². The van der Waals surface area contributed by atoms with E-state index in [-0.39, 0.29) is 23.7 Å². The number of H-pyrrole nitrogens is 1. The van der Waals surface area contributed by atoms with Crippen LogP contribution in [0, 0.1) is 0 Å². The van der Waals surface area contributed by atoms with Gasteiger partial charge in [0.1, 0.15) is 0 Å². The van der Waals surface area contributed by atoms with Gasteiger partial charge in [0.25, 0.3) is 5.91 Å². The number of para-hydroxylation sites is 1. The molecule has 9 heteroatoms. The molecule has 0 fully saturated rings. The van der Waals surface area contributed by atoms with E-state index in [4.69, 9.17) is 11.6 Å². The standard InChI is InChI=1S/C25H22ClN5O3/c26-17-8-9-21-20(13-17)16(14-29-21)10-12-28-23(32)19-6-1-2-7-22(19)31-25(34)24(33)30-15-18-5-3-4-11-27-18/h1-9,11,13-14,29H,10,12,15H2,(H,28,32)(H,30,33)(H,31,34). The SMILES string of the molecule is O=C(NCc1ccccn1)C(=O)Nc1ccccc1C(=O)NCCc1c[nH]c2ccc(Cl)cc12. The molecule has 0 aliphatic carbocycles. The number of nitrogens with zero attached hydrogens (tertiary/aromatic N) is 1. The van der Waals surface area contributed by atoms with Gasteiger partial charge in [0, 0.05) is 34.9 Å². The predicted octanol–water partition coefficient (Wildman–Crippen LogP) is 3.44. The van der Waals surface area contributed by atoms with Crippen LogP contribution in [0.3, 0.4) is 0 Å². The summed E-state index contributed by atoms with van der Waals surface area (Å²) in [5.41, 5.74) is 3.14. The number of rotatable bonds is 7. The van der Waals surface area contributed by atoms with Gasteiger partial charge in [0.05, 0.1) is 23.5 Å². The van der Waals surface area contributed by atoms with E-state index >= 15 is 0 Å². The molecule has 2 heterocycles. The van der Waals surface area contributed by atoms with E-state index < -0.39 is 11.8 Å². The number of hydrogen-bond acceptors (Lipinski definition) is 4. The molecule has 0 unspecified atom stereocenters. The summed E-state index contributed by atoms with van der Waals surface area (Å²) in [5.74, 6) is -2.05. The Labute approximate surface area is 200 Å². The van der Waals surface area contributed by atoms with Crippen molar-refractivity contribution in [2.24, 2.45) is 0 Å². The Bertz CT molecular complexity index is 1340. The van der Waals surface area contributed by atoms with Crippen LogP contribution >= 0.6 is 11.6 Å². The number of aromatic amines is 1. The zero-order valence-electron chi connectivity index (χ0n) is 18.1. The normalized spacial score (nSPS) is 10.6. The highest BCUT2D eigenvalue weighted by molar-refractivity contribution is 6.40. The third-order valence-corrected chi connectivity index (χ3v) is 5.43. The molecule has 0 bridgehead atoms. The molecule has 4 N–H and O–H groups in total. The Morgan fingerprint density at radius 2 is 1.76 bits per heavy atom. The van der Waals surface area contributed by atoms with Gasteiger partial charge in [-0.2, -0.15) is 0 Å². The zero-order valence-corrected chi connectivity index (χ0v) is 18.9. The number of anilines is 1. The van der Waals surface area contributed by atoms with Crippen LogP contribution in [0.15, 0.2) is 73.1 Å². The summed E-state index contributed by atoms with van der Waals surface area (Å²) >= 11 is 6.09. The molecule has 2 aromatic carbocycles. The molecule has 0 aliphatic heterocycles. The first kappa shape index (κ1) is 23.0. The average molecular weight is 476 g/mol. The van der Waals surface area contributed by atoms with Gasteiger partial charge in [-0.1, -0.05) is 29.8 Å². The van der Waals surface area contributed by atoms with E-state index in [1.807, 2.05) is 24.4 Å². The zero-order chi connectivity index (χ0) is 23.9. The largest absolute Gasteiger partial charge is 0.361 e. The summed E-state index contributed by atoms with van der Waals surface area (Å²) in [5, 5.41) is 9.53. The molecule has 172 valence electrons. The smallest absolute Gasteiger partial charge is 0.313 e. The van der Waals surface area contributed by atoms with Crippen LogP contribution in [0.2, 0.25) is 5.02 Å². The molecule has 0 saturated carbocycles. The van der Waals surface area contributed by atoms with Crippen LogP contribution in [0.25, 0.3) is 10.9 Å². The first-order chi connectivity index (χ1) is 16.5. The first-order valence-corrected chi connectivity index (χ1v) is 11.0. The lowest BCUT2D eigenvalue weighted by molar-refractivity contribution is -0.136. The quantitative estimate of drug-likeness (QED) is 0.306. The minimum atomic E-state index is -0.869. The Morgan fingerprint density at radius 1 is 0.941 bits per heavy atom. The lowest BCUT2D eigenvalue weighted by atomic mass is 10.1. The summed E-state index contributed by atoms with van der Waals surface area (Å²) in [4.78, 5) is 44.6. The van der Waals surface area contributed by atoms with Crippen LogP contribution in [0.5, 0.6) is 0 Å². The molecule has 4 aromatic rings. The topological polar surface area (TPSA) is 116 Å². The Morgan fingerprint density at radius 3 is 2.59 bits per heavy atom. The monoisotopic (exact) mass is 475 g/mol. The van der Waals surface area contributed by atoms with Gasteiger partial charge in [0.15, 0.2) is 0 Å². The number of halogens is 1. The summed E-state index contributed by atoms with van der Waals surface area (Å²) in [6.45, 7) is 0.499. The number of carbonyl (C=O) groups excluding carboxylic acids is 3. The molecular weight excluding hydrogens is 454 g/mol.